The molecule has 0 saturated carbocycles. The Balaban J connectivity index is 0.000000878. The maximum absolute atomic E-state index is 8.36. The van der Waals surface area contributed by atoms with Gasteiger partial charge in [0.2, 0.25) is 5.95 Å². The molecule has 2 N–H and O–H groups in total. The molecular weight excluding hydrogens is 362 g/mol. The number of aromatic nitrogens is 3. The smallest absolute Gasteiger partial charge is 0.316 e. The number of rotatable bonds is 7. The molecule has 2 aromatic rings. The average molecular weight is 391 g/mol. The van der Waals surface area contributed by atoms with Crippen LogP contribution < -0.4 is 10.1 Å². The highest BCUT2D eigenvalue weighted by Gasteiger charge is 2.19. The molecule has 28 heavy (non-hydrogen) atoms. The van der Waals surface area contributed by atoms with Crippen LogP contribution in [0.2, 0.25) is 0 Å². The second-order valence-electron chi connectivity index (χ2n) is 6.29. The fourth-order valence-corrected chi connectivity index (χ4v) is 3.04. The summed E-state index contributed by atoms with van der Waals surface area (Å²) in [5.74, 6) is 0.584. The Morgan fingerprint density at radius 1 is 1.39 bits per heavy atom. The number of nitrogens with zero attached hydrogens (tertiary/aromatic N) is 4. The highest BCUT2D eigenvalue weighted by molar-refractivity contribution is 5.32. The van der Waals surface area contributed by atoms with Gasteiger partial charge in [0.25, 0.3) is 6.47 Å². The van der Waals surface area contributed by atoms with Gasteiger partial charge >= 0.3 is 6.01 Å². The van der Waals surface area contributed by atoms with Crippen LogP contribution in [0.5, 0.6) is 6.01 Å². The molecule has 154 valence electrons. The lowest BCUT2D eigenvalue weighted by Gasteiger charge is -2.23. The minimum Gasteiger partial charge on any atom is -0.483 e. The summed E-state index contributed by atoms with van der Waals surface area (Å²) in [7, 11) is 1.61. The van der Waals surface area contributed by atoms with Gasteiger partial charge in [-0.05, 0) is 18.9 Å². The number of anilines is 1. The summed E-state index contributed by atoms with van der Waals surface area (Å²) in [5.41, 5.74) is 1.34. The van der Waals surface area contributed by atoms with E-state index in [4.69, 9.17) is 19.4 Å². The van der Waals surface area contributed by atoms with Crippen molar-refractivity contribution in [1.29, 1.82) is 0 Å². The van der Waals surface area contributed by atoms with Crippen LogP contribution in [0.4, 0.5) is 5.95 Å². The van der Waals surface area contributed by atoms with E-state index in [1.807, 2.05) is 6.92 Å². The van der Waals surface area contributed by atoms with Gasteiger partial charge in [-0.2, -0.15) is 4.98 Å². The fraction of sp³-hybridized carbons (Fsp3) is 0.526. The molecule has 1 aromatic carbocycles. The van der Waals surface area contributed by atoms with E-state index in [0.717, 1.165) is 39.2 Å². The summed E-state index contributed by atoms with van der Waals surface area (Å²) in [6.07, 6.45) is 1.17. The van der Waals surface area contributed by atoms with Gasteiger partial charge in [-0.15, -0.1) is 5.10 Å². The van der Waals surface area contributed by atoms with Crippen LogP contribution in [-0.4, -0.2) is 70.7 Å². The first-order valence-corrected chi connectivity index (χ1v) is 9.38. The molecule has 1 aliphatic rings. The molecule has 2 heterocycles. The van der Waals surface area contributed by atoms with Gasteiger partial charge in [0.1, 0.15) is 0 Å². The molecule has 0 aliphatic carbocycles. The molecule has 1 saturated heterocycles. The zero-order chi connectivity index (χ0) is 20.2. The summed E-state index contributed by atoms with van der Waals surface area (Å²) in [6.45, 7) is 6.87. The molecule has 0 bridgehead atoms. The number of ether oxygens (including phenoxy) is 2. The molecule has 1 atom stereocenters. The Morgan fingerprint density at radius 2 is 2.14 bits per heavy atom. The number of carboxylic acid groups (broad SMARTS) is 1. The van der Waals surface area contributed by atoms with Crippen molar-refractivity contribution in [3.63, 3.8) is 0 Å². The van der Waals surface area contributed by atoms with Gasteiger partial charge in [0, 0.05) is 39.3 Å². The van der Waals surface area contributed by atoms with Crippen LogP contribution in [0.1, 0.15) is 18.9 Å². The second-order valence-corrected chi connectivity index (χ2v) is 6.29. The molecule has 1 unspecified atom stereocenters. The Kier molecular flexibility index (Phi) is 9.23. The first-order chi connectivity index (χ1) is 13.7. The van der Waals surface area contributed by atoms with Gasteiger partial charge in [-0.25, -0.2) is 4.68 Å². The SMILES string of the molecule is CCn1nc(NCC2CN(Cc3ccccc3)CCCO2)nc1OC.O=CO. The van der Waals surface area contributed by atoms with Crippen LogP contribution in [0.15, 0.2) is 30.3 Å². The van der Waals surface area contributed by atoms with E-state index in [1.165, 1.54) is 5.56 Å². The number of aryl methyl sites for hydroxylation is 1. The van der Waals surface area contributed by atoms with E-state index in [1.54, 1.807) is 11.8 Å². The maximum Gasteiger partial charge on any atom is 0.316 e. The normalized spacial score (nSPS) is 17.1. The minimum atomic E-state index is -0.250. The fourth-order valence-electron chi connectivity index (χ4n) is 3.04. The first-order valence-electron chi connectivity index (χ1n) is 9.38. The van der Waals surface area contributed by atoms with Gasteiger partial charge in [0.15, 0.2) is 0 Å². The quantitative estimate of drug-likeness (QED) is 0.688. The highest BCUT2D eigenvalue weighted by Crippen LogP contribution is 2.13. The topological polar surface area (TPSA) is 102 Å². The van der Waals surface area contributed by atoms with Crippen LogP contribution in [-0.2, 0) is 22.6 Å². The lowest BCUT2D eigenvalue weighted by Crippen LogP contribution is -2.35. The number of benzene rings is 1. The first kappa shape index (κ1) is 21.6. The van der Waals surface area contributed by atoms with Crippen molar-refractivity contribution < 1.29 is 19.4 Å². The van der Waals surface area contributed by atoms with Gasteiger partial charge < -0.3 is 19.9 Å². The van der Waals surface area contributed by atoms with E-state index in [2.05, 4.69) is 50.6 Å². The molecule has 0 radical (unpaired) electrons. The minimum absolute atomic E-state index is 0.116. The number of hydrogen-bond acceptors (Lipinski definition) is 7. The zero-order valence-corrected chi connectivity index (χ0v) is 16.5. The Morgan fingerprint density at radius 3 is 2.79 bits per heavy atom. The Hall–Kier alpha value is -2.65. The average Bonchev–Trinajstić information content (AvgIpc) is 2.99. The second kappa shape index (κ2) is 11.9. The summed E-state index contributed by atoms with van der Waals surface area (Å²) < 4.78 is 12.9. The Labute approximate surface area is 165 Å². The molecule has 3 rings (SSSR count). The summed E-state index contributed by atoms with van der Waals surface area (Å²) >= 11 is 0. The third kappa shape index (κ3) is 6.82. The van der Waals surface area contributed by atoms with Crippen LogP contribution in [0, 0.1) is 0 Å². The molecular formula is C19H29N5O4. The van der Waals surface area contributed by atoms with Crippen molar-refractivity contribution in [3.8, 4) is 6.01 Å². The maximum atomic E-state index is 8.36. The zero-order valence-electron chi connectivity index (χ0n) is 16.5. The Bertz CT molecular complexity index is 673. The predicted octanol–water partition coefficient (Wildman–Crippen LogP) is 1.71. The lowest BCUT2D eigenvalue weighted by atomic mass is 10.2. The summed E-state index contributed by atoms with van der Waals surface area (Å²) in [5, 5.41) is 14.6. The van der Waals surface area contributed by atoms with E-state index in [9.17, 15) is 0 Å². The van der Waals surface area contributed by atoms with Gasteiger partial charge in [0.05, 0.1) is 13.2 Å². The van der Waals surface area contributed by atoms with Crippen LogP contribution in [0.25, 0.3) is 0 Å². The largest absolute Gasteiger partial charge is 0.483 e. The van der Waals surface area contributed by atoms with E-state index in [-0.39, 0.29) is 12.6 Å². The van der Waals surface area contributed by atoms with Crippen molar-refractivity contribution in [2.75, 3.05) is 38.7 Å². The standard InChI is InChI=1S/C18H27N5O2.CH2O2/c1-3-23-18(24-2)20-17(21-23)19-12-16-14-22(10-7-11-25-16)13-15-8-5-4-6-9-15;2-1-3/h4-6,8-9,16H,3,7,10-14H2,1-2H3,(H,19,21);1H,(H,2,3). The third-order valence-electron chi connectivity index (χ3n) is 4.29. The molecule has 9 heteroatoms. The molecule has 1 aliphatic heterocycles. The number of nitrogens with one attached hydrogen (secondary N) is 1. The predicted molar refractivity (Wildman–Crippen MR) is 106 cm³/mol. The van der Waals surface area contributed by atoms with E-state index < -0.39 is 0 Å². The van der Waals surface area contributed by atoms with Crippen molar-refractivity contribution in [2.24, 2.45) is 0 Å². The molecule has 9 nitrogen and oxygen atoms in total. The van der Waals surface area contributed by atoms with Gasteiger partial charge in [-0.3, -0.25) is 9.69 Å². The highest BCUT2D eigenvalue weighted by atomic mass is 16.5. The molecule has 0 amide bonds. The van der Waals surface area contributed by atoms with E-state index >= 15 is 0 Å². The summed E-state index contributed by atoms with van der Waals surface area (Å²) in [4.78, 5) is 15.2. The third-order valence-corrected chi connectivity index (χ3v) is 4.29. The number of carbonyl (C=O) groups is 1. The number of methoxy groups -OCH3 is 1. The lowest BCUT2D eigenvalue weighted by molar-refractivity contribution is -0.122. The van der Waals surface area contributed by atoms with Crippen LogP contribution in [0.3, 0.4) is 0 Å². The molecule has 1 aromatic heterocycles. The van der Waals surface area contributed by atoms with E-state index in [0.29, 0.717) is 18.5 Å². The molecule has 0 spiro atoms. The van der Waals surface area contributed by atoms with Crippen molar-refractivity contribution >= 4 is 12.4 Å². The number of hydrogen-bond donors (Lipinski definition) is 2. The summed E-state index contributed by atoms with van der Waals surface area (Å²) in [6, 6.07) is 11.1. The van der Waals surface area contributed by atoms with Gasteiger partial charge in [-0.1, -0.05) is 30.3 Å². The van der Waals surface area contributed by atoms with Crippen molar-refractivity contribution in [1.82, 2.24) is 19.7 Å². The van der Waals surface area contributed by atoms with Crippen LogP contribution >= 0.6 is 0 Å². The van der Waals surface area contributed by atoms with Crippen molar-refractivity contribution in [3.05, 3.63) is 35.9 Å². The monoisotopic (exact) mass is 391 g/mol. The van der Waals surface area contributed by atoms with Crippen molar-refractivity contribution in [2.45, 2.75) is 32.5 Å². The molecule has 1 fully saturated rings.